The Balaban J connectivity index is 1.40. The van der Waals surface area contributed by atoms with Gasteiger partial charge in [0.2, 0.25) is 0 Å². The molecular weight excluding hydrogens is 450 g/mol. The van der Waals surface area contributed by atoms with Crippen LogP contribution in [0.4, 0.5) is 5.69 Å². The molecular formula is C26H29N3O4S. The number of anilines is 1. The number of para-hydroxylation sites is 1. The number of nitrogens with one attached hydrogen (secondary N) is 1. The maximum atomic E-state index is 12.9. The summed E-state index contributed by atoms with van der Waals surface area (Å²) in [6.45, 7) is 4.50. The van der Waals surface area contributed by atoms with Crippen LogP contribution < -0.4 is 9.62 Å². The first kappa shape index (κ1) is 23.9. The van der Waals surface area contributed by atoms with Crippen LogP contribution in [0.3, 0.4) is 0 Å². The number of amides is 1. The van der Waals surface area contributed by atoms with Crippen LogP contribution in [0.1, 0.15) is 21.5 Å². The fourth-order valence-electron chi connectivity index (χ4n) is 3.88. The Morgan fingerprint density at radius 3 is 2.21 bits per heavy atom. The van der Waals surface area contributed by atoms with Crippen LogP contribution in [0.2, 0.25) is 0 Å². The van der Waals surface area contributed by atoms with Crippen molar-refractivity contribution in [3.63, 3.8) is 0 Å². The second kappa shape index (κ2) is 10.8. The van der Waals surface area contributed by atoms with E-state index in [0.29, 0.717) is 17.8 Å². The van der Waals surface area contributed by atoms with E-state index in [0.717, 1.165) is 38.4 Å². The number of sulfonamides is 1. The highest BCUT2D eigenvalue weighted by atomic mass is 32.2. The van der Waals surface area contributed by atoms with E-state index in [4.69, 9.17) is 4.74 Å². The van der Waals surface area contributed by atoms with Gasteiger partial charge in [-0.05, 0) is 47.5 Å². The number of carbonyl (C=O) groups excluding carboxylic acids is 1. The first-order chi connectivity index (χ1) is 16.4. The van der Waals surface area contributed by atoms with E-state index in [1.165, 1.54) is 29.0 Å². The molecule has 0 bridgehead atoms. The van der Waals surface area contributed by atoms with Crippen molar-refractivity contribution < 1.29 is 17.9 Å². The second-order valence-electron chi connectivity index (χ2n) is 8.17. The monoisotopic (exact) mass is 479 g/mol. The van der Waals surface area contributed by atoms with Crippen LogP contribution in [-0.2, 0) is 27.8 Å². The topological polar surface area (TPSA) is 79.0 Å². The lowest BCUT2D eigenvalue weighted by Crippen LogP contribution is -2.36. The average Bonchev–Trinajstić information content (AvgIpc) is 2.88. The van der Waals surface area contributed by atoms with Crippen LogP contribution >= 0.6 is 0 Å². The third-order valence-electron chi connectivity index (χ3n) is 5.95. The van der Waals surface area contributed by atoms with Crippen LogP contribution in [0.15, 0.2) is 83.8 Å². The van der Waals surface area contributed by atoms with Gasteiger partial charge < -0.3 is 10.1 Å². The molecule has 0 aliphatic carbocycles. The number of hydrogen-bond acceptors (Lipinski definition) is 5. The summed E-state index contributed by atoms with van der Waals surface area (Å²) in [5.74, 6) is -0.249. The van der Waals surface area contributed by atoms with Crippen molar-refractivity contribution in [2.24, 2.45) is 0 Å². The lowest BCUT2D eigenvalue weighted by Gasteiger charge is -2.27. The largest absolute Gasteiger partial charge is 0.379 e. The third kappa shape index (κ3) is 5.64. The van der Waals surface area contributed by atoms with Crippen molar-refractivity contribution in [3.05, 3.63) is 95.6 Å². The van der Waals surface area contributed by atoms with Crippen molar-refractivity contribution in [3.8, 4) is 0 Å². The second-order valence-corrected chi connectivity index (χ2v) is 10.1. The van der Waals surface area contributed by atoms with E-state index < -0.39 is 10.0 Å². The van der Waals surface area contributed by atoms with Crippen molar-refractivity contribution in [2.75, 3.05) is 37.7 Å². The van der Waals surface area contributed by atoms with Gasteiger partial charge in [-0.3, -0.25) is 14.0 Å². The maximum absolute atomic E-state index is 12.9. The van der Waals surface area contributed by atoms with Crippen LogP contribution in [0.25, 0.3) is 0 Å². The van der Waals surface area contributed by atoms with Gasteiger partial charge in [0.1, 0.15) is 0 Å². The molecule has 1 saturated heterocycles. The normalized spacial score (nSPS) is 14.5. The Hall–Kier alpha value is -3.20. The quantitative estimate of drug-likeness (QED) is 0.537. The number of morpholine rings is 1. The summed E-state index contributed by atoms with van der Waals surface area (Å²) in [5.41, 5.74) is 3.22. The third-order valence-corrected chi connectivity index (χ3v) is 7.75. The first-order valence-electron chi connectivity index (χ1n) is 11.2. The fraction of sp³-hybridized carbons (Fsp3) is 0.269. The number of hydrogen-bond donors (Lipinski definition) is 1. The number of nitrogens with zero attached hydrogens (tertiary/aromatic N) is 2. The Kier molecular flexibility index (Phi) is 7.62. The zero-order valence-corrected chi connectivity index (χ0v) is 20.0. The molecule has 1 N–H and O–H groups in total. The molecule has 4 rings (SSSR count). The highest BCUT2D eigenvalue weighted by Crippen LogP contribution is 2.22. The Morgan fingerprint density at radius 1 is 0.912 bits per heavy atom. The van der Waals surface area contributed by atoms with E-state index in [1.54, 1.807) is 36.4 Å². The molecule has 0 radical (unpaired) electrons. The lowest BCUT2D eigenvalue weighted by molar-refractivity contribution is 0.0340. The van der Waals surface area contributed by atoms with Crippen molar-refractivity contribution >= 4 is 21.6 Å². The molecule has 178 valence electrons. The Bertz CT molecular complexity index is 1210. The Morgan fingerprint density at radius 2 is 1.53 bits per heavy atom. The molecule has 34 heavy (non-hydrogen) atoms. The van der Waals surface area contributed by atoms with Gasteiger partial charge in [-0.2, -0.15) is 0 Å². The van der Waals surface area contributed by atoms with Gasteiger partial charge in [0.15, 0.2) is 0 Å². The molecule has 0 saturated carbocycles. The predicted octanol–water partition coefficient (Wildman–Crippen LogP) is 3.27. The molecule has 0 atom stereocenters. The summed E-state index contributed by atoms with van der Waals surface area (Å²) in [5, 5.41) is 2.96. The van der Waals surface area contributed by atoms with E-state index in [1.807, 2.05) is 24.3 Å². The first-order valence-corrected chi connectivity index (χ1v) is 12.7. The van der Waals surface area contributed by atoms with Gasteiger partial charge in [0, 0.05) is 38.8 Å². The van der Waals surface area contributed by atoms with Crippen LogP contribution in [0.5, 0.6) is 0 Å². The fourth-order valence-corrected chi connectivity index (χ4v) is 5.07. The van der Waals surface area contributed by atoms with Crippen molar-refractivity contribution in [2.45, 2.75) is 18.0 Å². The summed E-state index contributed by atoms with van der Waals surface area (Å²) in [6.07, 6.45) is 0. The molecule has 1 amide bonds. The van der Waals surface area contributed by atoms with Crippen molar-refractivity contribution in [1.82, 2.24) is 10.2 Å². The van der Waals surface area contributed by atoms with Crippen LogP contribution in [-0.4, -0.2) is 52.6 Å². The molecule has 0 unspecified atom stereocenters. The molecule has 0 spiro atoms. The summed E-state index contributed by atoms with van der Waals surface area (Å²) in [7, 11) is -2.21. The minimum Gasteiger partial charge on any atom is -0.379 e. The van der Waals surface area contributed by atoms with E-state index in [2.05, 4.69) is 16.3 Å². The number of benzene rings is 3. The van der Waals surface area contributed by atoms with E-state index in [9.17, 15) is 13.2 Å². The number of rotatable bonds is 8. The maximum Gasteiger partial charge on any atom is 0.264 e. The molecule has 8 heteroatoms. The molecule has 1 heterocycles. The summed E-state index contributed by atoms with van der Waals surface area (Å²) in [6, 6.07) is 23.0. The average molecular weight is 480 g/mol. The van der Waals surface area contributed by atoms with E-state index >= 15 is 0 Å². The molecule has 7 nitrogen and oxygen atoms in total. The van der Waals surface area contributed by atoms with E-state index in [-0.39, 0.29) is 10.8 Å². The van der Waals surface area contributed by atoms with Gasteiger partial charge in [-0.25, -0.2) is 8.42 Å². The Labute approximate surface area is 201 Å². The van der Waals surface area contributed by atoms with Gasteiger partial charge in [-0.1, -0.05) is 42.5 Å². The SMILES string of the molecule is CN(c1ccccc1)S(=O)(=O)c1ccc(C(=O)NCc2ccccc2CN2CCOCC2)cc1. The molecule has 3 aromatic rings. The van der Waals surface area contributed by atoms with Crippen LogP contribution in [0, 0.1) is 0 Å². The van der Waals surface area contributed by atoms with Gasteiger partial charge in [-0.15, -0.1) is 0 Å². The molecule has 0 aromatic heterocycles. The zero-order chi connectivity index (χ0) is 24.0. The smallest absolute Gasteiger partial charge is 0.264 e. The zero-order valence-electron chi connectivity index (χ0n) is 19.2. The molecule has 3 aromatic carbocycles. The molecule has 1 fully saturated rings. The number of ether oxygens (including phenoxy) is 1. The minimum absolute atomic E-state index is 0.131. The van der Waals surface area contributed by atoms with Gasteiger partial charge in [0.25, 0.3) is 15.9 Å². The summed E-state index contributed by atoms with van der Waals surface area (Å²) >= 11 is 0. The molecule has 1 aliphatic rings. The predicted molar refractivity (Wildman–Crippen MR) is 132 cm³/mol. The number of carbonyl (C=O) groups is 1. The summed E-state index contributed by atoms with van der Waals surface area (Å²) in [4.78, 5) is 15.2. The van der Waals surface area contributed by atoms with Gasteiger partial charge >= 0.3 is 0 Å². The minimum atomic E-state index is -3.72. The highest BCUT2D eigenvalue weighted by molar-refractivity contribution is 7.92. The molecule has 1 aliphatic heterocycles. The van der Waals surface area contributed by atoms with Crippen molar-refractivity contribution in [1.29, 1.82) is 0 Å². The highest BCUT2D eigenvalue weighted by Gasteiger charge is 2.21. The summed E-state index contributed by atoms with van der Waals surface area (Å²) < 4.78 is 32.5. The lowest BCUT2D eigenvalue weighted by atomic mass is 10.1. The standard InChI is InChI=1S/C26H29N3O4S/c1-28(24-9-3-2-4-10-24)34(31,32)25-13-11-21(12-14-25)26(30)27-19-22-7-5-6-8-23(22)20-29-15-17-33-18-16-29/h2-14H,15-20H2,1H3,(H,27,30). The van der Waals surface area contributed by atoms with Gasteiger partial charge in [0.05, 0.1) is 23.8 Å².